The van der Waals surface area contributed by atoms with Gasteiger partial charge in [0.2, 0.25) is 0 Å². The number of aliphatic hydroxyl groups is 1. The zero-order valence-electron chi connectivity index (χ0n) is 25.2. The summed E-state index contributed by atoms with van der Waals surface area (Å²) in [5.74, 6) is 0.329. The van der Waals surface area contributed by atoms with E-state index in [0.717, 1.165) is 44.9 Å². The molecule has 3 saturated carbocycles. The van der Waals surface area contributed by atoms with Crippen LogP contribution in [-0.4, -0.2) is 24.0 Å². The topological polar surface area (TPSA) is 87.4 Å². The minimum absolute atomic E-state index is 0.113. The number of methoxy groups -OCH3 is 1. The molecule has 0 saturated heterocycles. The SMILES string of the molecule is COC(=O)/C=C/[C@]12CCC(C)(C)CC1C1C(=O)C=C3[C@@]4(C)CC(C#N)=C(O)C(C)(C)[C@@H]4CC[C@@]3(C)[C@]1(C)CC2. The van der Waals surface area contributed by atoms with Crippen LogP contribution >= 0.6 is 0 Å². The van der Waals surface area contributed by atoms with Gasteiger partial charge in [0.15, 0.2) is 5.78 Å². The normalized spacial score (nSPS) is 44.3. The van der Waals surface area contributed by atoms with Gasteiger partial charge in [-0.25, -0.2) is 4.79 Å². The zero-order valence-corrected chi connectivity index (χ0v) is 25.2. The molecule has 3 fully saturated rings. The molecule has 1 N–H and O–H groups in total. The van der Waals surface area contributed by atoms with Crippen LogP contribution in [0.15, 0.2) is 35.1 Å². The quantitative estimate of drug-likeness (QED) is 0.291. The van der Waals surface area contributed by atoms with E-state index in [0.29, 0.717) is 12.0 Å². The highest BCUT2D eigenvalue weighted by molar-refractivity contribution is 5.95. The van der Waals surface area contributed by atoms with Crippen LogP contribution < -0.4 is 0 Å². The van der Waals surface area contributed by atoms with Gasteiger partial charge in [-0.15, -0.1) is 0 Å². The summed E-state index contributed by atoms with van der Waals surface area (Å²) in [4.78, 5) is 26.7. The molecule has 5 aliphatic carbocycles. The number of carbonyl (C=O) groups excluding carboxylic acids is 2. The van der Waals surface area contributed by atoms with Crippen LogP contribution in [0.4, 0.5) is 0 Å². The first kappa shape index (κ1) is 28.2. The highest BCUT2D eigenvalue weighted by atomic mass is 16.5. The van der Waals surface area contributed by atoms with Gasteiger partial charge in [0.1, 0.15) is 5.76 Å². The maximum Gasteiger partial charge on any atom is 0.330 e. The first-order chi connectivity index (χ1) is 18.0. The molecule has 212 valence electrons. The first-order valence-electron chi connectivity index (χ1n) is 14.9. The second kappa shape index (κ2) is 8.58. The van der Waals surface area contributed by atoms with Crippen molar-refractivity contribution in [1.29, 1.82) is 5.26 Å². The molecule has 39 heavy (non-hydrogen) atoms. The average molecular weight is 534 g/mol. The first-order valence-corrected chi connectivity index (χ1v) is 14.9. The fourth-order valence-electron chi connectivity index (χ4n) is 10.6. The molecule has 0 bridgehead atoms. The number of rotatable bonds is 2. The van der Waals surface area contributed by atoms with Gasteiger partial charge >= 0.3 is 5.97 Å². The smallest absolute Gasteiger partial charge is 0.330 e. The third-order valence-electron chi connectivity index (χ3n) is 12.9. The zero-order chi connectivity index (χ0) is 28.8. The summed E-state index contributed by atoms with van der Waals surface area (Å²) >= 11 is 0. The third-order valence-corrected chi connectivity index (χ3v) is 12.9. The summed E-state index contributed by atoms with van der Waals surface area (Å²) in [7, 11) is 1.41. The maximum absolute atomic E-state index is 14.5. The third kappa shape index (κ3) is 3.69. The number of hydrogen-bond acceptors (Lipinski definition) is 5. The molecule has 0 radical (unpaired) electrons. The average Bonchev–Trinajstić information content (AvgIpc) is 2.86. The predicted octanol–water partition coefficient (Wildman–Crippen LogP) is 7.64. The van der Waals surface area contributed by atoms with Crippen LogP contribution in [0.25, 0.3) is 0 Å². The van der Waals surface area contributed by atoms with Gasteiger partial charge in [-0.2, -0.15) is 5.26 Å². The number of aliphatic hydroxyl groups excluding tert-OH is 1. The number of nitriles is 1. The van der Waals surface area contributed by atoms with Crippen molar-refractivity contribution in [3.8, 4) is 6.07 Å². The Kier molecular flexibility index (Phi) is 6.20. The van der Waals surface area contributed by atoms with Gasteiger partial charge in [0.05, 0.1) is 18.8 Å². The largest absolute Gasteiger partial charge is 0.511 e. The fourth-order valence-corrected chi connectivity index (χ4v) is 10.6. The summed E-state index contributed by atoms with van der Waals surface area (Å²) in [5.41, 5.74) is 0.351. The lowest BCUT2D eigenvalue weighted by Crippen LogP contribution is -2.64. The molecule has 0 aromatic heterocycles. The van der Waals surface area contributed by atoms with Gasteiger partial charge in [0.25, 0.3) is 0 Å². The van der Waals surface area contributed by atoms with Gasteiger partial charge in [-0.05, 0) is 96.4 Å². The molecule has 0 amide bonds. The summed E-state index contributed by atoms with van der Waals surface area (Å²) < 4.78 is 4.95. The number of fused-ring (bicyclic) bond motifs is 7. The second-order valence-corrected chi connectivity index (χ2v) is 15.6. The highest BCUT2D eigenvalue weighted by Crippen LogP contribution is 2.75. The van der Waals surface area contributed by atoms with E-state index < -0.39 is 5.41 Å². The minimum Gasteiger partial charge on any atom is -0.511 e. The lowest BCUT2D eigenvalue weighted by molar-refractivity contribution is -0.165. The molecule has 0 aromatic rings. The Balaban J connectivity index is 1.66. The van der Waals surface area contributed by atoms with Crippen LogP contribution in [-0.2, 0) is 14.3 Å². The molecule has 2 unspecified atom stereocenters. The van der Waals surface area contributed by atoms with Crippen molar-refractivity contribution in [3.05, 3.63) is 35.1 Å². The molecule has 5 rings (SSSR count). The Morgan fingerprint density at radius 2 is 1.74 bits per heavy atom. The number of nitrogens with zero attached hydrogens (tertiary/aromatic N) is 1. The van der Waals surface area contributed by atoms with Gasteiger partial charge in [-0.1, -0.05) is 60.1 Å². The number of hydrogen-bond donors (Lipinski definition) is 1. The molecular weight excluding hydrogens is 486 g/mol. The summed E-state index contributed by atoms with van der Waals surface area (Å²) in [6.45, 7) is 15.8. The molecule has 5 aliphatic rings. The van der Waals surface area contributed by atoms with Crippen molar-refractivity contribution in [2.24, 2.45) is 50.2 Å². The summed E-state index contributed by atoms with van der Waals surface area (Å²) in [5, 5.41) is 21.0. The molecule has 5 heteroatoms. The van der Waals surface area contributed by atoms with E-state index in [1.807, 2.05) is 6.08 Å². The minimum atomic E-state index is -0.519. The summed E-state index contributed by atoms with van der Waals surface area (Å²) in [6.07, 6.45) is 13.0. The van der Waals surface area contributed by atoms with E-state index in [1.54, 1.807) is 6.08 Å². The van der Waals surface area contributed by atoms with E-state index in [-0.39, 0.29) is 62.3 Å². The van der Waals surface area contributed by atoms with Gasteiger partial charge in [0, 0.05) is 17.4 Å². The van der Waals surface area contributed by atoms with Crippen LogP contribution in [0.1, 0.15) is 99.8 Å². The number of carbonyl (C=O) groups is 2. The van der Waals surface area contributed by atoms with Crippen molar-refractivity contribution in [3.63, 3.8) is 0 Å². The number of ketones is 1. The van der Waals surface area contributed by atoms with Crippen LogP contribution in [0.5, 0.6) is 0 Å². The number of allylic oxidation sites excluding steroid dienone is 5. The Morgan fingerprint density at radius 1 is 1.08 bits per heavy atom. The standard InChI is InChI=1S/C34H47NO4/c1-29(2)13-15-34(12-10-26(37)39-8)16-14-33(7)27(22(34)19-29)23(36)17-25-31(5)18-21(20-35)28(38)30(3,4)24(31)9-11-32(25,33)6/h10,12,17,22,24,27,38H,9,11,13-16,18-19H2,1-8H3/b12-10+/t22?,24-,27?,31-,32+,33+,34+/m0/s1. The van der Waals surface area contributed by atoms with Gasteiger partial charge in [-0.3, -0.25) is 4.79 Å². The van der Waals surface area contributed by atoms with E-state index in [1.165, 1.54) is 12.7 Å². The van der Waals surface area contributed by atoms with E-state index in [4.69, 9.17) is 4.74 Å². The number of esters is 1. The maximum atomic E-state index is 14.5. The van der Waals surface area contributed by atoms with E-state index in [9.17, 15) is 20.0 Å². The van der Waals surface area contributed by atoms with Crippen molar-refractivity contribution >= 4 is 11.8 Å². The lowest BCUT2D eigenvalue weighted by Gasteiger charge is -2.69. The molecule has 7 atom stereocenters. The molecule has 0 aliphatic heterocycles. The van der Waals surface area contributed by atoms with Crippen molar-refractivity contribution in [2.45, 2.75) is 99.8 Å². The highest BCUT2D eigenvalue weighted by Gasteiger charge is 2.69. The number of ether oxygens (including phenoxy) is 1. The van der Waals surface area contributed by atoms with Crippen molar-refractivity contribution < 1.29 is 19.4 Å². The van der Waals surface area contributed by atoms with Crippen molar-refractivity contribution in [1.82, 2.24) is 0 Å². The van der Waals surface area contributed by atoms with Crippen LogP contribution in [0.2, 0.25) is 0 Å². The van der Waals surface area contributed by atoms with E-state index in [2.05, 4.69) is 60.6 Å². The predicted molar refractivity (Wildman–Crippen MR) is 151 cm³/mol. The Labute approximate surface area is 234 Å². The summed E-state index contributed by atoms with van der Waals surface area (Å²) in [6, 6.07) is 2.30. The van der Waals surface area contributed by atoms with Gasteiger partial charge < -0.3 is 9.84 Å². The lowest BCUT2D eigenvalue weighted by atomic mass is 9.34. The van der Waals surface area contributed by atoms with E-state index >= 15 is 0 Å². The monoisotopic (exact) mass is 533 g/mol. The molecular formula is C34H47NO4. The van der Waals surface area contributed by atoms with Crippen molar-refractivity contribution in [2.75, 3.05) is 7.11 Å². The molecule has 5 nitrogen and oxygen atoms in total. The van der Waals surface area contributed by atoms with Crippen LogP contribution in [0, 0.1) is 61.6 Å². The molecule has 0 aromatic carbocycles. The molecule has 0 spiro atoms. The Hall–Kier alpha value is -2.35. The molecule has 0 heterocycles. The van der Waals surface area contributed by atoms with Crippen LogP contribution in [0.3, 0.4) is 0 Å². The fraction of sp³-hybridized carbons (Fsp3) is 0.735. The Bertz CT molecular complexity index is 1250. The Morgan fingerprint density at radius 3 is 2.38 bits per heavy atom. The second-order valence-electron chi connectivity index (χ2n) is 15.6.